The van der Waals surface area contributed by atoms with E-state index >= 15 is 0 Å². The summed E-state index contributed by atoms with van der Waals surface area (Å²) in [7, 11) is -4.22. The van der Waals surface area contributed by atoms with Gasteiger partial charge in [-0.05, 0) is 86.3 Å². The number of likely N-dealkylation sites (tertiary alicyclic amines) is 1. The molecule has 1 saturated heterocycles. The molecule has 1 aliphatic carbocycles. The van der Waals surface area contributed by atoms with Crippen molar-refractivity contribution < 1.29 is 26.3 Å². The van der Waals surface area contributed by atoms with Crippen LogP contribution in [0.1, 0.15) is 44.1 Å². The monoisotopic (exact) mass is 760 g/mol. The Morgan fingerprint density at radius 2 is 1.53 bits per heavy atom. The third-order valence-electron chi connectivity index (χ3n) is 9.28. The van der Waals surface area contributed by atoms with Gasteiger partial charge in [0.25, 0.3) is 0 Å². The molecule has 0 amide bonds. The topological polar surface area (TPSA) is 108 Å². The molecule has 49 heavy (non-hydrogen) atoms. The Kier molecular flexibility index (Phi) is 11.3. The average molecular weight is 762 g/mol. The van der Waals surface area contributed by atoms with Crippen LogP contribution >= 0.6 is 15.9 Å². The molecule has 2 aliphatic rings. The largest absolute Gasteiger partial charge is 0.573 e. The van der Waals surface area contributed by atoms with Crippen LogP contribution in [0.5, 0.6) is 5.75 Å². The van der Waals surface area contributed by atoms with Gasteiger partial charge in [0.1, 0.15) is 10.7 Å². The van der Waals surface area contributed by atoms with Crippen molar-refractivity contribution in [3.05, 3.63) is 82.8 Å². The van der Waals surface area contributed by atoms with Crippen molar-refractivity contribution in [1.82, 2.24) is 19.6 Å². The summed E-state index contributed by atoms with van der Waals surface area (Å²) in [6.45, 7) is 3.82. The number of nitrogens with one attached hydrogen (secondary N) is 3. The van der Waals surface area contributed by atoms with Gasteiger partial charge in [-0.15, -0.1) is 13.2 Å². The van der Waals surface area contributed by atoms with Crippen molar-refractivity contribution >= 4 is 48.6 Å². The first-order chi connectivity index (χ1) is 23.5. The minimum atomic E-state index is -5.02. The lowest BCUT2D eigenvalue weighted by molar-refractivity contribution is -0.275. The second-order valence-electron chi connectivity index (χ2n) is 12.9. The number of fused-ring (bicyclic) bond motifs is 1. The van der Waals surface area contributed by atoms with E-state index in [2.05, 4.69) is 65.2 Å². The molecule has 6 rings (SSSR count). The average Bonchev–Trinajstić information content (AvgIpc) is 3.07. The van der Waals surface area contributed by atoms with Crippen LogP contribution in [0.4, 0.5) is 24.9 Å². The van der Waals surface area contributed by atoms with Crippen molar-refractivity contribution in [2.24, 2.45) is 11.8 Å². The lowest BCUT2D eigenvalue weighted by Gasteiger charge is -2.33. The number of alkyl halides is 3. The molecule has 0 atom stereocenters. The molecule has 0 bridgehead atoms. The lowest BCUT2D eigenvalue weighted by Crippen LogP contribution is -2.38. The maximum atomic E-state index is 12.9. The number of aromatic nitrogens is 2. The molecule has 1 aliphatic heterocycles. The smallest absolute Gasteiger partial charge is 0.404 e. The molecule has 1 aromatic heterocycles. The molecule has 0 spiro atoms. The fourth-order valence-electron chi connectivity index (χ4n) is 6.63. The molecule has 3 N–H and O–H groups in total. The highest BCUT2D eigenvalue weighted by atomic mass is 79.9. The van der Waals surface area contributed by atoms with Crippen LogP contribution < -0.4 is 20.1 Å². The summed E-state index contributed by atoms with van der Waals surface area (Å²) in [5.74, 6) is 1.05. The molecule has 2 heterocycles. The molecule has 0 unspecified atom stereocenters. The maximum absolute atomic E-state index is 12.9. The van der Waals surface area contributed by atoms with Gasteiger partial charge in [-0.3, -0.25) is 4.90 Å². The van der Waals surface area contributed by atoms with E-state index < -0.39 is 27.0 Å². The first kappa shape index (κ1) is 35.4. The number of halogens is 4. The van der Waals surface area contributed by atoms with Crippen molar-refractivity contribution in [1.29, 1.82) is 0 Å². The number of ether oxygens (including phenoxy) is 1. The Balaban J connectivity index is 0.998. The quantitative estimate of drug-likeness (QED) is 0.136. The zero-order valence-electron chi connectivity index (χ0n) is 26.9. The summed E-state index contributed by atoms with van der Waals surface area (Å²) in [4.78, 5) is 11.6. The van der Waals surface area contributed by atoms with E-state index in [-0.39, 0.29) is 16.9 Å². The summed E-state index contributed by atoms with van der Waals surface area (Å²) < 4.78 is 71.4. The fraction of sp³-hybridized carbons (Fsp3) is 0.429. The van der Waals surface area contributed by atoms with Crippen LogP contribution in [-0.2, 0) is 16.6 Å². The Morgan fingerprint density at radius 3 is 2.24 bits per heavy atom. The standard InChI is InChI=1S/C35H40BrF3N6O3S/c36-27-14-15-32(31(20-27)48-35(37,38)39)49(46,47)41-22-25-12-10-24(11-13-25)21-40-34-43-30-9-5-4-8-29(30)33(44-34)42-28-16-18-45(19-17-28)23-26-6-2-1-3-7-26/h1-9,14-15,20,24-25,28,41H,10-13,16-19,21-23H2,(H2,40,42,43,44). The molecule has 3 aromatic carbocycles. The number of anilines is 2. The van der Waals surface area contributed by atoms with Crippen LogP contribution in [0.25, 0.3) is 10.9 Å². The van der Waals surface area contributed by atoms with Gasteiger partial charge in [0, 0.05) is 48.6 Å². The van der Waals surface area contributed by atoms with Crippen LogP contribution in [0.2, 0.25) is 0 Å². The molecule has 2 fully saturated rings. The van der Waals surface area contributed by atoms with Crippen molar-refractivity contribution in [2.75, 3.05) is 36.8 Å². The summed E-state index contributed by atoms with van der Waals surface area (Å²) in [6.07, 6.45) is 0.359. The SMILES string of the molecule is O=S(=O)(NCC1CCC(CNc2nc(NC3CCN(Cc4ccccc4)CC3)c3ccccc3n2)CC1)c1ccc(Br)cc1OC(F)(F)F. The number of nitrogens with zero attached hydrogens (tertiary/aromatic N) is 3. The summed E-state index contributed by atoms with van der Waals surface area (Å²) in [5, 5.41) is 8.15. The Bertz CT molecular complexity index is 1820. The summed E-state index contributed by atoms with van der Waals surface area (Å²) in [6, 6.07) is 22.3. The van der Waals surface area contributed by atoms with Gasteiger partial charge in [0.2, 0.25) is 16.0 Å². The van der Waals surface area contributed by atoms with E-state index in [9.17, 15) is 21.6 Å². The van der Waals surface area contributed by atoms with Gasteiger partial charge in [-0.2, -0.15) is 4.98 Å². The first-order valence-corrected chi connectivity index (χ1v) is 18.9. The predicted molar refractivity (Wildman–Crippen MR) is 188 cm³/mol. The number of sulfonamides is 1. The third kappa shape index (κ3) is 9.83. The van der Waals surface area contributed by atoms with Crippen molar-refractivity contribution in [3.8, 4) is 5.75 Å². The molecule has 262 valence electrons. The molecule has 0 radical (unpaired) electrons. The molecule has 1 saturated carbocycles. The molecule has 9 nitrogen and oxygen atoms in total. The van der Waals surface area contributed by atoms with Gasteiger partial charge >= 0.3 is 6.36 Å². The maximum Gasteiger partial charge on any atom is 0.573 e. The van der Waals surface area contributed by atoms with E-state index in [1.807, 2.05) is 30.3 Å². The van der Waals surface area contributed by atoms with E-state index in [1.54, 1.807) is 0 Å². The summed E-state index contributed by atoms with van der Waals surface area (Å²) in [5.41, 5.74) is 2.20. The minimum absolute atomic E-state index is 0.0697. The minimum Gasteiger partial charge on any atom is -0.404 e. The van der Waals surface area contributed by atoms with E-state index in [1.165, 1.54) is 11.6 Å². The first-order valence-electron chi connectivity index (χ1n) is 16.6. The van der Waals surface area contributed by atoms with E-state index in [0.29, 0.717) is 24.5 Å². The molecule has 4 aromatic rings. The zero-order chi connectivity index (χ0) is 34.4. The lowest BCUT2D eigenvalue weighted by atomic mass is 9.82. The van der Waals surface area contributed by atoms with Crippen LogP contribution in [0.3, 0.4) is 0 Å². The van der Waals surface area contributed by atoms with Crippen molar-refractivity contribution in [2.45, 2.75) is 62.4 Å². The second kappa shape index (κ2) is 15.6. The summed E-state index contributed by atoms with van der Waals surface area (Å²) >= 11 is 3.07. The highest BCUT2D eigenvalue weighted by molar-refractivity contribution is 9.10. The van der Waals surface area contributed by atoms with Gasteiger partial charge < -0.3 is 15.4 Å². The molecular weight excluding hydrogens is 721 g/mol. The fourth-order valence-corrected chi connectivity index (χ4v) is 8.19. The Labute approximate surface area is 293 Å². The highest BCUT2D eigenvalue weighted by Crippen LogP contribution is 2.34. The highest BCUT2D eigenvalue weighted by Gasteiger charge is 2.34. The van der Waals surface area contributed by atoms with Gasteiger partial charge in [0.05, 0.1) is 5.52 Å². The molecular formula is C35H40BrF3N6O3S. The number of para-hydroxylation sites is 1. The molecule has 14 heteroatoms. The predicted octanol–water partition coefficient (Wildman–Crippen LogP) is 7.56. The number of hydrogen-bond donors (Lipinski definition) is 3. The van der Waals surface area contributed by atoms with Gasteiger partial charge in [-0.1, -0.05) is 58.4 Å². The Morgan fingerprint density at radius 1 is 0.857 bits per heavy atom. The van der Waals surface area contributed by atoms with Crippen LogP contribution in [0, 0.1) is 11.8 Å². The van der Waals surface area contributed by atoms with Crippen LogP contribution in [-0.4, -0.2) is 61.9 Å². The third-order valence-corrected chi connectivity index (χ3v) is 11.2. The number of piperidine rings is 1. The number of rotatable bonds is 12. The number of benzene rings is 3. The van der Waals surface area contributed by atoms with Crippen LogP contribution in [0.15, 0.2) is 82.2 Å². The second-order valence-corrected chi connectivity index (χ2v) is 15.5. The zero-order valence-corrected chi connectivity index (χ0v) is 29.3. The number of hydrogen-bond acceptors (Lipinski definition) is 8. The Hall–Kier alpha value is -3.46. The van der Waals surface area contributed by atoms with Gasteiger partial charge in [-0.25, -0.2) is 18.1 Å². The van der Waals surface area contributed by atoms with E-state index in [0.717, 1.165) is 87.0 Å². The van der Waals surface area contributed by atoms with Gasteiger partial charge in [0.15, 0.2) is 5.75 Å². The van der Waals surface area contributed by atoms with Crippen molar-refractivity contribution in [3.63, 3.8) is 0 Å². The normalized spacial score (nSPS) is 19.5. The van der Waals surface area contributed by atoms with E-state index in [4.69, 9.17) is 9.97 Å².